The van der Waals surface area contributed by atoms with Gasteiger partial charge >= 0.3 is 6.03 Å². The monoisotopic (exact) mass is 465 g/mol. The van der Waals surface area contributed by atoms with Crippen molar-refractivity contribution in [3.05, 3.63) is 36.7 Å². The third-order valence-corrected chi connectivity index (χ3v) is 7.14. The molecule has 1 aromatic carbocycles. The number of anilines is 3. The SMILES string of the molecule is O=CNc1cnn(C2CCN(CC3CCN(c4ccc(N5CCC(=O)NC5=O)cc4)C3)CC2)c1. The fourth-order valence-corrected chi connectivity index (χ4v) is 5.28. The Labute approximate surface area is 198 Å². The molecule has 3 saturated heterocycles. The van der Waals surface area contributed by atoms with Crippen molar-refractivity contribution in [2.24, 2.45) is 5.92 Å². The number of hydrogen-bond acceptors (Lipinski definition) is 6. The maximum Gasteiger partial charge on any atom is 0.328 e. The summed E-state index contributed by atoms with van der Waals surface area (Å²) in [5, 5.41) is 9.43. The normalized spacial score (nSPS) is 22.2. The molecule has 0 spiro atoms. The van der Waals surface area contributed by atoms with E-state index in [-0.39, 0.29) is 11.9 Å². The number of benzene rings is 1. The molecule has 2 aromatic rings. The van der Waals surface area contributed by atoms with Crippen molar-refractivity contribution in [2.45, 2.75) is 31.7 Å². The van der Waals surface area contributed by atoms with Gasteiger partial charge in [-0.3, -0.25) is 24.5 Å². The summed E-state index contributed by atoms with van der Waals surface area (Å²) in [7, 11) is 0. The second-order valence-electron chi connectivity index (χ2n) is 9.38. The van der Waals surface area contributed by atoms with Gasteiger partial charge in [0.15, 0.2) is 0 Å². The molecule has 0 saturated carbocycles. The third kappa shape index (κ3) is 4.91. The topological polar surface area (TPSA) is 103 Å². The Bertz CT molecular complexity index is 1030. The van der Waals surface area contributed by atoms with Gasteiger partial charge in [0.25, 0.3) is 0 Å². The predicted octanol–water partition coefficient (Wildman–Crippen LogP) is 2.06. The molecule has 3 aliphatic rings. The van der Waals surface area contributed by atoms with E-state index in [1.807, 2.05) is 23.0 Å². The number of piperidine rings is 1. The van der Waals surface area contributed by atoms with Crippen LogP contribution in [0.1, 0.15) is 31.7 Å². The zero-order valence-electron chi connectivity index (χ0n) is 19.2. The highest BCUT2D eigenvalue weighted by Gasteiger charge is 2.28. The molecule has 3 aliphatic heterocycles. The van der Waals surface area contributed by atoms with Crippen LogP contribution in [0.5, 0.6) is 0 Å². The standard InChI is InChI=1S/C24H31N7O3/c32-17-25-19-13-26-31(16-19)22-6-9-28(10-7-22)14-18-5-11-29(15-18)20-1-3-21(4-2-20)30-12-8-23(33)27-24(30)34/h1-4,13,16-18,22H,5-12,14-15H2,(H,25,32)(H,27,33,34). The van der Waals surface area contributed by atoms with E-state index in [2.05, 4.69) is 37.7 Å². The summed E-state index contributed by atoms with van der Waals surface area (Å²) in [6.45, 7) is 5.74. The molecule has 4 heterocycles. The van der Waals surface area contributed by atoms with E-state index in [1.54, 1.807) is 11.1 Å². The molecule has 0 bridgehead atoms. The molecule has 5 rings (SSSR count). The van der Waals surface area contributed by atoms with Gasteiger partial charge in [0, 0.05) is 63.3 Å². The second kappa shape index (κ2) is 9.84. The minimum absolute atomic E-state index is 0.215. The van der Waals surface area contributed by atoms with E-state index in [0.29, 0.717) is 31.3 Å². The van der Waals surface area contributed by atoms with Crippen molar-refractivity contribution in [3.63, 3.8) is 0 Å². The number of imide groups is 1. The number of nitrogens with one attached hydrogen (secondary N) is 2. The van der Waals surface area contributed by atoms with E-state index in [9.17, 15) is 14.4 Å². The van der Waals surface area contributed by atoms with Crippen LogP contribution < -0.4 is 20.4 Å². The molecule has 0 aliphatic carbocycles. The Kier molecular flexibility index (Phi) is 6.48. The molecule has 1 atom stereocenters. The van der Waals surface area contributed by atoms with Crippen LogP contribution in [0.2, 0.25) is 0 Å². The molecule has 10 nitrogen and oxygen atoms in total. The Hall–Kier alpha value is -3.40. The summed E-state index contributed by atoms with van der Waals surface area (Å²) in [5.74, 6) is 0.427. The van der Waals surface area contributed by atoms with Gasteiger partial charge in [-0.05, 0) is 49.4 Å². The highest BCUT2D eigenvalue weighted by Crippen LogP contribution is 2.29. The van der Waals surface area contributed by atoms with Gasteiger partial charge in [-0.2, -0.15) is 5.10 Å². The average Bonchev–Trinajstić information content (AvgIpc) is 3.50. The quantitative estimate of drug-likeness (QED) is 0.607. The largest absolute Gasteiger partial charge is 0.371 e. The van der Waals surface area contributed by atoms with Crippen LogP contribution in [0.15, 0.2) is 36.7 Å². The summed E-state index contributed by atoms with van der Waals surface area (Å²) in [4.78, 5) is 40.6. The lowest BCUT2D eigenvalue weighted by molar-refractivity contribution is -0.120. The van der Waals surface area contributed by atoms with Crippen molar-refractivity contribution in [1.29, 1.82) is 0 Å². The molecule has 1 unspecified atom stereocenters. The van der Waals surface area contributed by atoms with E-state index in [0.717, 1.165) is 56.9 Å². The van der Waals surface area contributed by atoms with Gasteiger partial charge in [-0.25, -0.2) is 4.79 Å². The molecular formula is C24H31N7O3. The van der Waals surface area contributed by atoms with Gasteiger partial charge < -0.3 is 15.1 Å². The lowest BCUT2D eigenvalue weighted by atomic mass is 10.0. The first kappa shape index (κ1) is 22.4. The number of urea groups is 1. The third-order valence-electron chi connectivity index (χ3n) is 7.14. The Balaban J connectivity index is 1.09. The fraction of sp³-hybridized carbons (Fsp3) is 0.500. The molecular weight excluding hydrogens is 434 g/mol. The van der Waals surface area contributed by atoms with Gasteiger partial charge in [0.2, 0.25) is 12.3 Å². The number of nitrogens with zero attached hydrogens (tertiary/aromatic N) is 5. The van der Waals surface area contributed by atoms with Gasteiger partial charge in [0.05, 0.1) is 17.9 Å². The van der Waals surface area contributed by atoms with Crippen LogP contribution in [0.3, 0.4) is 0 Å². The Morgan fingerprint density at radius 3 is 2.53 bits per heavy atom. The van der Waals surface area contributed by atoms with Gasteiger partial charge in [-0.1, -0.05) is 0 Å². The van der Waals surface area contributed by atoms with Crippen LogP contribution in [0, 0.1) is 5.92 Å². The fourth-order valence-electron chi connectivity index (χ4n) is 5.28. The van der Waals surface area contributed by atoms with E-state index < -0.39 is 0 Å². The van der Waals surface area contributed by atoms with E-state index >= 15 is 0 Å². The first-order valence-corrected chi connectivity index (χ1v) is 12.0. The molecule has 0 radical (unpaired) electrons. The van der Waals surface area contributed by atoms with Crippen molar-refractivity contribution < 1.29 is 14.4 Å². The van der Waals surface area contributed by atoms with Crippen molar-refractivity contribution in [1.82, 2.24) is 20.0 Å². The highest BCUT2D eigenvalue weighted by atomic mass is 16.2. The van der Waals surface area contributed by atoms with Crippen LogP contribution in [0.4, 0.5) is 21.9 Å². The number of hydrogen-bond donors (Lipinski definition) is 2. The second-order valence-corrected chi connectivity index (χ2v) is 9.38. The lowest BCUT2D eigenvalue weighted by Crippen LogP contribution is -2.49. The van der Waals surface area contributed by atoms with Gasteiger partial charge in [0.1, 0.15) is 0 Å². The minimum Gasteiger partial charge on any atom is -0.371 e. The Morgan fingerprint density at radius 2 is 1.79 bits per heavy atom. The molecule has 3 fully saturated rings. The molecule has 180 valence electrons. The molecule has 10 heteroatoms. The van der Waals surface area contributed by atoms with Crippen molar-refractivity contribution >= 4 is 35.4 Å². The molecule has 2 N–H and O–H groups in total. The molecule has 4 amide bonds. The van der Waals surface area contributed by atoms with Crippen molar-refractivity contribution in [3.8, 4) is 0 Å². The Morgan fingerprint density at radius 1 is 1.03 bits per heavy atom. The number of carbonyl (C=O) groups is 3. The summed E-state index contributed by atoms with van der Waals surface area (Å²) in [6.07, 6.45) is 7.93. The van der Waals surface area contributed by atoms with Crippen LogP contribution in [-0.4, -0.2) is 72.3 Å². The van der Waals surface area contributed by atoms with Crippen molar-refractivity contribution in [2.75, 3.05) is 54.4 Å². The maximum atomic E-state index is 12.1. The van der Waals surface area contributed by atoms with Crippen LogP contribution in [0.25, 0.3) is 0 Å². The summed E-state index contributed by atoms with van der Waals surface area (Å²) < 4.78 is 1.98. The minimum atomic E-state index is -0.348. The maximum absolute atomic E-state index is 12.1. The smallest absolute Gasteiger partial charge is 0.328 e. The first-order valence-electron chi connectivity index (χ1n) is 12.0. The number of carbonyl (C=O) groups excluding carboxylic acids is 3. The van der Waals surface area contributed by atoms with E-state index in [1.165, 1.54) is 12.1 Å². The average molecular weight is 466 g/mol. The summed E-state index contributed by atoms with van der Waals surface area (Å²) >= 11 is 0. The number of aromatic nitrogens is 2. The zero-order valence-corrected chi connectivity index (χ0v) is 19.2. The van der Waals surface area contributed by atoms with E-state index in [4.69, 9.17) is 0 Å². The summed E-state index contributed by atoms with van der Waals surface area (Å²) in [5.41, 5.74) is 2.74. The zero-order chi connectivity index (χ0) is 23.5. The summed E-state index contributed by atoms with van der Waals surface area (Å²) in [6, 6.07) is 8.12. The van der Waals surface area contributed by atoms with Crippen LogP contribution >= 0.6 is 0 Å². The number of amides is 4. The first-order chi connectivity index (χ1) is 16.6. The molecule has 34 heavy (non-hydrogen) atoms. The molecule has 1 aromatic heterocycles. The van der Waals surface area contributed by atoms with Crippen LogP contribution in [-0.2, 0) is 9.59 Å². The lowest BCUT2D eigenvalue weighted by Gasteiger charge is -2.33. The predicted molar refractivity (Wildman–Crippen MR) is 129 cm³/mol. The van der Waals surface area contributed by atoms with Gasteiger partial charge in [-0.15, -0.1) is 0 Å². The number of likely N-dealkylation sites (tertiary alicyclic amines) is 1. The number of rotatable bonds is 7. The highest BCUT2D eigenvalue weighted by molar-refractivity contribution is 6.05.